The summed E-state index contributed by atoms with van der Waals surface area (Å²) in [6.07, 6.45) is 2.37. The second kappa shape index (κ2) is 9.17. The maximum Gasteiger partial charge on any atom is 0.0488 e. The van der Waals surface area contributed by atoms with Crippen molar-refractivity contribution in [3.8, 4) is 0 Å². The molecule has 0 saturated heterocycles. The second-order valence-corrected chi connectivity index (χ2v) is 4.81. The van der Waals surface area contributed by atoms with E-state index in [9.17, 15) is 0 Å². The van der Waals surface area contributed by atoms with Gasteiger partial charge in [-0.3, -0.25) is 0 Å². The zero-order valence-corrected chi connectivity index (χ0v) is 11.2. The van der Waals surface area contributed by atoms with Crippen molar-refractivity contribution in [2.45, 2.75) is 53.5 Å². The molecule has 2 nitrogen and oxygen atoms in total. The molecule has 0 aromatic carbocycles. The van der Waals surface area contributed by atoms with Crippen molar-refractivity contribution < 1.29 is 4.74 Å². The summed E-state index contributed by atoms with van der Waals surface area (Å²) in [4.78, 5) is 0. The van der Waals surface area contributed by atoms with Crippen molar-refractivity contribution in [1.29, 1.82) is 0 Å². The predicted molar refractivity (Wildman–Crippen MR) is 67.2 cm³/mol. The van der Waals surface area contributed by atoms with Crippen LogP contribution in [0.4, 0.5) is 0 Å². The molecule has 15 heavy (non-hydrogen) atoms. The van der Waals surface area contributed by atoms with Crippen molar-refractivity contribution in [1.82, 2.24) is 5.32 Å². The molecule has 2 atom stereocenters. The van der Waals surface area contributed by atoms with E-state index in [1.807, 2.05) is 0 Å². The van der Waals surface area contributed by atoms with Gasteiger partial charge in [0, 0.05) is 19.3 Å². The first kappa shape index (κ1) is 14.9. The second-order valence-electron chi connectivity index (χ2n) is 4.81. The maximum absolute atomic E-state index is 5.61. The minimum atomic E-state index is 0.649. The molecule has 0 aromatic heterocycles. The van der Waals surface area contributed by atoms with Crippen LogP contribution in [0.3, 0.4) is 0 Å². The maximum atomic E-state index is 5.61. The Morgan fingerprint density at radius 3 is 2.27 bits per heavy atom. The monoisotopic (exact) mass is 215 g/mol. The van der Waals surface area contributed by atoms with Gasteiger partial charge >= 0.3 is 0 Å². The van der Waals surface area contributed by atoms with Crippen LogP contribution in [0.2, 0.25) is 0 Å². The van der Waals surface area contributed by atoms with Crippen LogP contribution in [0.1, 0.15) is 47.5 Å². The van der Waals surface area contributed by atoms with Crippen molar-refractivity contribution in [2.24, 2.45) is 11.8 Å². The average molecular weight is 215 g/mol. The number of rotatable bonds is 9. The van der Waals surface area contributed by atoms with Gasteiger partial charge in [0.15, 0.2) is 0 Å². The third-order valence-corrected chi connectivity index (χ3v) is 2.76. The van der Waals surface area contributed by atoms with E-state index in [4.69, 9.17) is 4.74 Å². The molecule has 0 radical (unpaired) electrons. The lowest BCUT2D eigenvalue weighted by Gasteiger charge is -2.23. The molecule has 2 heteroatoms. The van der Waals surface area contributed by atoms with E-state index in [0.29, 0.717) is 17.9 Å². The fraction of sp³-hybridized carbons (Fsp3) is 1.00. The molecule has 0 amide bonds. The first-order valence-electron chi connectivity index (χ1n) is 6.42. The summed E-state index contributed by atoms with van der Waals surface area (Å²) in [5.41, 5.74) is 0. The quantitative estimate of drug-likeness (QED) is 0.597. The average Bonchev–Trinajstić information content (AvgIpc) is 2.20. The van der Waals surface area contributed by atoms with Gasteiger partial charge in [-0.25, -0.2) is 0 Å². The number of hydrogen-bond donors (Lipinski definition) is 1. The standard InChI is InChI=1S/C13H29NO/c1-6-13(14-7-2)12(5)8-9-15-10-11(3)4/h11-14H,6-10H2,1-5H3. The normalized spacial score (nSPS) is 15.6. The summed E-state index contributed by atoms with van der Waals surface area (Å²) >= 11 is 0. The van der Waals surface area contributed by atoms with Crippen LogP contribution in [0.15, 0.2) is 0 Å². The van der Waals surface area contributed by atoms with Gasteiger partial charge in [0.2, 0.25) is 0 Å². The van der Waals surface area contributed by atoms with E-state index < -0.39 is 0 Å². The summed E-state index contributed by atoms with van der Waals surface area (Å²) in [5, 5.41) is 3.53. The number of hydrogen-bond acceptors (Lipinski definition) is 2. The minimum Gasteiger partial charge on any atom is -0.381 e. The molecule has 0 aliphatic carbocycles. The molecule has 0 aromatic rings. The minimum absolute atomic E-state index is 0.649. The summed E-state index contributed by atoms with van der Waals surface area (Å²) < 4.78 is 5.61. The Morgan fingerprint density at radius 2 is 1.80 bits per heavy atom. The lowest BCUT2D eigenvalue weighted by molar-refractivity contribution is 0.0949. The predicted octanol–water partition coefficient (Wildman–Crippen LogP) is 3.07. The highest BCUT2D eigenvalue weighted by Crippen LogP contribution is 2.11. The van der Waals surface area contributed by atoms with Crippen LogP contribution >= 0.6 is 0 Å². The molecule has 0 saturated carbocycles. The fourth-order valence-electron chi connectivity index (χ4n) is 1.80. The Labute approximate surface area is 95.8 Å². The van der Waals surface area contributed by atoms with E-state index in [0.717, 1.165) is 26.2 Å². The molecule has 0 rings (SSSR count). The molecule has 2 unspecified atom stereocenters. The Hall–Kier alpha value is -0.0800. The SMILES string of the molecule is CCNC(CC)C(C)CCOCC(C)C. The van der Waals surface area contributed by atoms with Gasteiger partial charge in [-0.2, -0.15) is 0 Å². The van der Waals surface area contributed by atoms with Crippen LogP contribution in [0.25, 0.3) is 0 Å². The van der Waals surface area contributed by atoms with Gasteiger partial charge in [0.1, 0.15) is 0 Å². The Bertz CT molecular complexity index is 136. The zero-order chi connectivity index (χ0) is 11.7. The summed E-state index contributed by atoms with van der Waals surface area (Å²) in [7, 11) is 0. The molecule has 0 heterocycles. The smallest absolute Gasteiger partial charge is 0.0488 e. The first-order chi connectivity index (χ1) is 7.11. The first-order valence-corrected chi connectivity index (χ1v) is 6.42. The summed E-state index contributed by atoms with van der Waals surface area (Å²) in [6, 6.07) is 0.651. The highest BCUT2D eigenvalue weighted by Gasteiger charge is 2.13. The molecule has 0 aliphatic rings. The topological polar surface area (TPSA) is 21.3 Å². The van der Waals surface area contributed by atoms with Crippen molar-refractivity contribution in [3.63, 3.8) is 0 Å². The molecule has 1 N–H and O–H groups in total. The van der Waals surface area contributed by atoms with Crippen LogP contribution in [-0.4, -0.2) is 25.8 Å². The molecule has 0 spiro atoms. The number of nitrogens with one attached hydrogen (secondary N) is 1. The van der Waals surface area contributed by atoms with Crippen molar-refractivity contribution in [3.05, 3.63) is 0 Å². The highest BCUT2D eigenvalue weighted by molar-refractivity contribution is 4.70. The van der Waals surface area contributed by atoms with E-state index in [-0.39, 0.29) is 0 Å². The van der Waals surface area contributed by atoms with Crippen LogP contribution in [0, 0.1) is 11.8 Å². The van der Waals surface area contributed by atoms with Crippen LogP contribution in [0.5, 0.6) is 0 Å². The third kappa shape index (κ3) is 7.80. The molecule has 0 aliphatic heterocycles. The van der Waals surface area contributed by atoms with Gasteiger partial charge in [-0.1, -0.05) is 34.6 Å². The zero-order valence-electron chi connectivity index (χ0n) is 11.2. The Kier molecular flexibility index (Phi) is 9.12. The van der Waals surface area contributed by atoms with Gasteiger partial charge in [0.05, 0.1) is 0 Å². The van der Waals surface area contributed by atoms with E-state index in [1.54, 1.807) is 0 Å². The highest BCUT2D eigenvalue weighted by atomic mass is 16.5. The van der Waals surface area contributed by atoms with Gasteiger partial charge < -0.3 is 10.1 Å². The van der Waals surface area contributed by atoms with Gasteiger partial charge in [0.25, 0.3) is 0 Å². The largest absolute Gasteiger partial charge is 0.381 e. The summed E-state index contributed by atoms with van der Waals surface area (Å²) in [6.45, 7) is 14.0. The van der Waals surface area contributed by atoms with Crippen LogP contribution < -0.4 is 5.32 Å². The fourth-order valence-corrected chi connectivity index (χ4v) is 1.80. The summed E-state index contributed by atoms with van der Waals surface area (Å²) in [5.74, 6) is 1.36. The molecule has 0 fully saturated rings. The third-order valence-electron chi connectivity index (χ3n) is 2.76. The van der Waals surface area contributed by atoms with E-state index in [2.05, 4.69) is 39.9 Å². The van der Waals surface area contributed by atoms with E-state index in [1.165, 1.54) is 6.42 Å². The lowest BCUT2D eigenvalue weighted by atomic mass is 9.96. The molecule has 92 valence electrons. The Morgan fingerprint density at radius 1 is 1.13 bits per heavy atom. The van der Waals surface area contributed by atoms with E-state index >= 15 is 0 Å². The Balaban J connectivity index is 3.56. The van der Waals surface area contributed by atoms with Gasteiger partial charge in [-0.15, -0.1) is 0 Å². The van der Waals surface area contributed by atoms with Crippen molar-refractivity contribution in [2.75, 3.05) is 19.8 Å². The van der Waals surface area contributed by atoms with Gasteiger partial charge in [-0.05, 0) is 31.2 Å². The number of ether oxygens (including phenoxy) is 1. The van der Waals surface area contributed by atoms with Crippen LogP contribution in [-0.2, 0) is 4.74 Å². The lowest BCUT2D eigenvalue weighted by Crippen LogP contribution is -2.34. The molecular weight excluding hydrogens is 186 g/mol. The molecular formula is C13H29NO. The van der Waals surface area contributed by atoms with Crippen molar-refractivity contribution >= 4 is 0 Å². The molecule has 0 bridgehead atoms.